The molecule has 0 amide bonds. The van der Waals surface area contributed by atoms with Gasteiger partial charge in [0.25, 0.3) is 0 Å². The Bertz CT molecular complexity index is 302. The van der Waals surface area contributed by atoms with E-state index in [4.69, 9.17) is 10.5 Å². The third-order valence-corrected chi connectivity index (χ3v) is 2.13. The minimum atomic E-state index is 0.688. The quantitative estimate of drug-likeness (QED) is 0.804. The molecule has 0 aliphatic carbocycles. The molecular weight excluding hydrogens is 232 g/mol. The van der Waals surface area contributed by atoms with Crippen molar-refractivity contribution in [3.8, 4) is 5.75 Å². The second kappa shape index (κ2) is 4.37. The maximum atomic E-state index is 5.81. The number of hydrogen-bond acceptors (Lipinski definition) is 3. The topological polar surface area (TPSA) is 47.3 Å². The summed E-state index contributed by atoms with van der Waals surface area (Å²) in [6.45, 7) is 2.84. The summed E-state index contributed by atoms with van der Waals surface area (Å²) in [4.78, 5) is 0. The zero-order chi connectivity index (χ0) is 9.84. The van der Waals surface area contributed by atoms with Crippen LogP contribution in [0, 0.1) is 0 Å². The van der Waals surface area contributed by atoms with Gasteiger partial charge in [-0.3, -0.25) is 0 Å². The molecule has 0 fully saturated rings. The van der Waals surface area contributed by atoms with Gasteiger partial charge >= 0.3 is 0 Å². The van der Waals surface area contributed by atoms with Gasteiger partial charge in [-0.1, -0.05) is 15.9 Å². The largest absolute Gasteiger partial charge is 0.494 e. The summed E-state index contributed by atoms with van der Waals surface area (Å²) in [7, 11) is 1.63. The molecule has 0 bridgehead atoms. The SMILES string of the molecule is CCNc1c(N)cc(Br)cc1OC. The molecule has 0 unspecified atom stereocenters. The molecule has 72 valence electrons. The molecule has 1 rings (SSSR count). The molecule has 0 saturated carbocycles. The summed E-state index contributed by atoms with van der Waals surface area (Å²) in [5, 5.41) is 3.15. The van der Waals surface area contributed by atoms with Crippen LogP contribution >= 0.6 is 15.9 Å². The first kappa shape index (κ1) is 10.2. The third-order valence-electron chi connectivity index (χ3n) is 1.67. The number of rotatable bonds is 3. The smallest absolute Gasteiger partial charge is 0.145 e. The molecule has 0 spiro atoms. The molecule has 0 aromatic heterocycles. The van der Waals surface area contributed by atoms with E-state index in [0.29, 0.717) is 5.69 Å². The lowest BCUT2D eigenvalue weighted by Crippen LogP contribution is -2.03. The Kier molecular flexibility index (Phi) is 3.42. The van der Waals surface area contributed by atoms with Crippen LogP contribution in [0.25, 0.3) is 0 Å². The van der Waals surface area contributed by atoms with Crippen molar-refractivity contribution in [3.63, 3.8) is 0 Å². The molecule has 3 nitrogen and oxygen atoms in total. The fraction of sp³-hybridized carbons (Fsp3) is 0.333. The third kappa shape index (κ3) is 2.28. The van der Waals surface area contributed by atoms with Crippen LogP contribution in [-0.2, 0) is 0 Å². The van der Waals surface area contributed by atoms with Crippen LogP contribution in [0.1, 0.15) is 6.92 Å². The minimum Gasteiger partial charge on any atom is -0.494 e. The van der Waals surface area contributed by atoms with Crippen molar-refractivity contribution >= 4 is 27.3 Å². The van der Waals surface area contributed by atoms with Gasteiger partial charge in [0.05, 0.1) is 12.8 Å². The Morgan fingerprint density at radius 2 is 2.23 bits per heavy atom. The highest BCUT2D eigenvalue weighted by Crippen LogP contribution is 2.34. The van der Waals surface area contributed by atoms with Crippen LogP contribution in [0.2, 0.25) is 0 Å². The number of halogens is 1. The highest BCUT2D eigenvalue weighted by atomic mass is 79.9. The molecule has 4 heteroatoms. The van der Waals surface area contributed by atoms with Gasteiger partial charge in [-0.25, -0.2) is 0 Å². The summed E-state index contributed by atoms with van der Waals surface area (Å²) in [5.41, 5.74) is 7.35. The highest BCUT2D eigenvalue weighted by molar-refractivity contribution is 9.10. The number of ether oxygens (including phenoxy) is 1. The second-order valence-corrected chi connectivity index (χ2v) is 3.52. The van der Waals surface area contributed by atoms with Crippen LogP contribution in [-0.4, -0.2) is 13.7 Å². The summed E-state index contributed by atoms with van der Waals surface area (Å²) < 4.78 is 6.11. The number of methoxy groups -OCH3 is 1. The van der Waals surface area contributed by atoms with E-state index in [1.165, 1.54) is 0 Å². The Morgan fingerprint density at radius 1 is 1.54 bits per heavy atom. The van der Waals surface area contributed by atoms with Gasteiger partial charge in [0.1, 0.15) is 11.4 Å². The molecule has 1 aromatic carbocycles. The van der Waals surface area contributed by atoms with Crippen LogP contribution < -0.4 is 15.8 Å². The van der Waals surface area contributed by atoms with E-state index in [-0.39, 0.29) is 0 Å². The first-order valence-electron chi connectivity index (χ1n) is 4.06. The van der Waals surface area contributed by atoms with Crippen molar-refractivity contribution in [1.82, 2.24) is 0 Å². The highest BCUT2D eigenvalue weighted by Gasteiger charge is 2.06. The average Bonchev–Trinajstić information content (AvgIpc) is 2.09. The summed E-state index contributed by atoms with van der Waals surface area (Å²) >= 11 is 3.35. The molecule has 0 radical (unpaired) electrons. The fourth-order valence-electron chi connectivity index (χ4n) is 1.13. The lowest BCUT2D eigenvalue weighted by molar-refractivity contribution is 0.416. The van der Waals surface area contributed by atoms with E-state index < -0.39 is 0 Å². The van der Waals surface area contributed by atoms with E-state index in [2.05, 4.69) is 21.2 Å². The predicted octanol–water partition coefficient (Wildman–Crippen LogP) is 2.47. The zero-order valence-corrected chi connectivity index (χ0v) is 9.31. The van der Waals surface area contributed by atoms with E-state index in [1.807, 2.05) is 19.1 Å². The van der Waals surface area contributed by atoms with Crippen LogP contribution in [0.4, 0.5) is 11.4 Å². The Hall–Kier alpha value is -0.900. The Balaban J connectivity index is 3.13. The lowest BCUT2D eigenvalue weighted by atomic mass is 10.2. The van der Waals surface area contributed by atoms with Crippen LogP contribution in [0.5, 0.6) is 5.75 Å². The van der Waals surface area contributed by atoms with Gasteiger partial charge in [-0.15, -0.1) is 0 Å². The monoisotopic (exact) mass is 244 g/mol. The van der Waals surface area contributed by atoms with Crippen LogP contribution in [0.3, 0.4) is 0 Å². The minimum absolute atomic E-state index is 0.688. The first-order chi connectivity index (χ1) is 6.19. The zero-order valence-electron chi connectivity index (χ0n) is 7.73. The van der Waals surface area contributed by atoms with Gasteiger partial charge in [-0.2, -0.15) is 0 Å². The molecule has 13 heavy (non-hydrogen) atoms. The number of nitrogens with one attached hydrogen (secondary N) is 1. The van der Waals surface area contributed by atoms with Crippen molar-refractivity contribution in [1.29, 1.82) is 0 Å². The van der Waals surface area contributed by atoms with E-state index in [1.54, 1.807) is 7.11 Å². The number of nitrogens with two attached hydrogens (primary N) is 1. The molecule has 0 aliphatic rings. The van der Waals surface area contributed by atoms with Crippen molar-refractivity contribution in [2.45, 2.75) is 6.92 Å². The van der Waals surface area contributed by atoms with Gasteiger partial charge in [0.2, 0.25) is 0 Å². The predicted molar refractivity (Wildman–Crippen MR) is 59.3 cm³/mol. The van der Waals surface area contributed by atoms with Crippen LogP contribution in [0.15, 0.2) is 16.6 Å². The summed E-state index contributed by atoms with van der Waals surface area (Å²) in [6.07, 6.45) is 0. The van der Waals surface area contributed by atoms with Gasteiger partial charge in [0, 0.05) is 11.0 Å². The molecule has 0 atom stereocenters. The molecular formula is C9H13BrN2O. The molecule has 1 aromatic rings. The Labute approximate surface area is 86.4 Å². The van der Waals surface area contributed by atoms with Crippen molar-refractivity contribution < 1.29 is 4.74 Å². The fourth-order valence-corrected chi connectivity index (χ4v) is 1.58. The number of nitrogen functional groups attached to an aromatic ring is 1. The maximum absolute atomic E-state index is 5.81. The normalized spacial score (nSPS) is 9.77. The van der Waals surface area contributed by atoms with Crippen molar-refractivity contribution in [2.75, 3.05) is 24.7 Å². The molecule has 0 aliphatic heterocycles. The van der Waals surface area contributed by atoms with Crippen molar-refractivity contribution in [2.24, 2.45) is 0 Å². The molecule has 0 saturated heterocycles. The number of hydrogen-bond donors (Lipinski definition) is 2. The summed E-state index contributed by atoms with van der Waals surface area (Å²) in [6, 6.07) is 3.73. The number of anilines is 2. The van der Waals surface area contributed by atoms with E-state index >= 15 is 0 Å². The summed E-state index contributed by atoms with van der Waals surface area (Å²) in [5.74, 6) is 0.758. The number of benzene rings is 1. The van der Waals surface area contributed by atoms with Crippen molar-refractivity contribution in [3.05, 3.63) is 16.6 Å². The van der Waals surface area contributed by atoms with Gasteiger partial charge < -0.3 is 15.8 Å². The lowest BCUT2D eigenvalue weighted by Gasteiger charge is -2.12. The maximum Gasteiger partial charge on any atom is 0.145 e. The van der Waals surface area contributed by atoms with E-state index in [9.17, 15) is 0 Å². The Morgan fingerprint density at radius 3 is 2.77 bits per heavy atom. The molecule has 3 N–H and O–H groups in total. The standard InChI is InChI=1S/C9H13BrN2O/c1-3-12-9-7(11)4-6(10)5-8(9)13-2/h4-5,12H,3,11H2,1-2H3. The average molecular weight is 245 g/mol. The van der Waals surface area contributed by atoms with E-state index in [0.717, 1.165) is 22.5 Å². The van der Waals surface area contributed by atoms with Gasteiger partial charge in [-0.05, 0) is 19.1 Å². The second-order valence-electron chi connectivity index (χ2n) is 2.60. The van der Waals surface area contributed by atoms with Gasteiger partial charge in [0.15, 0.2) is 0 Å². The molecule has 0 heterocycles. The first-order valence-corrected chi connectivity index (χ1v) is 4.85.